The number of rotatable bonds is 2. The van der Waals surface area contributed by atoms with Gasteiger partial charge in [-0.05, 0) is 49.3 Å². The minimum absolute atomic E-state index is 0.0134. The monoisotopic (exact) mass is 259 g/mol. The van der Waals surface area contributed by atoms with Crippen LogP contribution >= 0.6 is 0 Å². The molecule has 2 rings (SSSR count). The third-order valence-corrected chi connectivity index (χ3v) is 3.63. The van der Waals surface area contributed by atoms with Gasteiger partial charge < -0.3 is 0 Å². The number of benzene rings is 1. The second kappa shape index (κ2) is 5.23. The number of hydrogen-bond donors (Lipinski definition) is 0. The summed E-state index contributed by atoms with van der Waals surface area (Å²) in [5, 5.41) is 0. The van der Waals surface area contributed by atoms with Crippen LogP contribution in [0.1, 0.15) is 13.8 Å². The molecule has 0 aromatic heterocycles. The lowest BCUT2D eigenvalue weighted by molar-refractivity contribution is -0.112. The molecular formula is C14H13NO2S. The number of hydrogen-bond acceptors (Lipinski definition) is 2. The molecule has 0 spiro atoms. The van der Waals surface area contributed by atoms with Crippen LogP contribution in [0.3, 0.4) is 0 Å². The van der Waals surface area contributed by atoms with Crippen molar-refractivity contribution in [2.75, 3.05) is 0 Å². The summed E-state index contributed by atoms with van der Waals surface area (Å²) in [5.74, 6) is 0.0134. The summed E-state index contributed by atoms with van der Waals surface area (Å²) in [7, 11) is -1.43. The maximum absolute atomic E-state index is 12.0. The second-order valence-electron chi connectivity index (χ2n) is 4.06. The predicted octanol–water partition coefficient (Wildman–Crippen LogP) is 2.63. The van der Waals surface area contributed by atoms with Crippen LogP contribution in [0.4, 0.5) is 0 Å². The lowest BCUT2D eigenvalue weighted by Crippen LogP contribution is -2.11. The molecule has 3 nitrogen and oxygen atoms in total. The lowest BCUT2D eigenvalue weighted by atomic mass is 9.98. The van der Waals surface area contributed by atoms with Gasteiger partial charge in [0.05, 0.1) is 10.6 Å². The van der Waals surface area contributed by atoms with Crippen molar-refractivity contribution in [3.8, 4) is 0 Å². The van der Waals surface area contributed by atoms with Crippen molar-refractivity contribution in [3.05, 3.63) is 53.6 Å². The van der Waals surface area contributed by atoms with E-state index in [9.17, 15) is 9.00 Å². The Balaban J connectivity index is 2.31. The Labute approximate surface area is 109 Å². The zero-order valence-electron chi connectivity index (χ0n) is 10.2. The number of ketones is 1. The van der Waals surface area contributed by atoms with Gasteiger partial charge in [-0.25, -0.2) is 4.21 Å². The fourth-order valence-electron chi connectivity index (χ4n) is 1.67. The van der Waals surface area contributed by atoms with Gasteiger partial charge in [0, 0.05) is 0 Å². The van der Waals surface area contributed by atoms with E-state index in [4.69, 9.17) is 0 Å². The van der Waals surface area contributed by atoms with Crippen LogP contribution in [0.15, 0.2) is 62.9 Å². The van der Waals surface area contributed by atoms with E-state index in [0.29, 0.717) is 21.8 Å². The Morgan fingerprint density at radius 1 is 1.00 bits per heavy atom. The molecule has 0 bridgehead atoms. The van der Waals surface area contributed by atoms with Gasteiger partial charge in [0.2, 0.25) is 0 Å². The first-order valence-electron chi connectivity index (χ1n) is 5.55. The maximum Gasteiger partial charge on any atom is 0.184 e. The minimum Gasteiger partial charge on any atom is -0.289 e. The number of Topliss-reactive ketones (excluding diaryl/α,β-unsaturated/α-hetero) is 1. The van der Waals surface area contributed by atoms with E-state index in [1.165, 1.54) is 0 Å². The van der Waals surface area contributed by atoms with Crippen LogP contribution in [0, 0.1) is 0 Å². The highest BCUT2D eigenvalue weighted by Gasteiger charge is 2.14. The van der Waals surface area contributed by atoms with E-state index in [1.807, 2.05) is 18.2 Å². The summed E-state index contributed by atoms with van der Waals surface area (Å²) >= 11 is 0. The number of carbonyl (C=O) groups is 1. The molecule has 92 valence electrons. The summed E-state index contributed by atoms with van der Waals surface area (Å²) in [6, 6.07) is 9.03. The first-order chi connectivity index (χ1) is 8.58. The van der Waals surface area contributed by atoms with E-state index in [0.717, 1.165) is 0 Å². The van der Waals surface area contributed by atoms with Gasteiger partial charge >= 0.3 is 0 Å². The van der Waals surface area contributed by atoms with Crippen LogP contribution in [0.5, 0.6) is 0 Å². The first kappa shape index (κ1) is 12.6. The van der Waals surface area contributed by atoms with Crippen molar-refractivity contribution >= 4 is 22.5 Å². The molecule has 4 heteroatoms. The van der Waals surface area contributed by atoms with Crippen molar-refractivity contribution in [1.29, 1.82) is 0 Å². The van der Waals surface area contributed by atoms with Crippen molar-refractivity contribution in [3.63, 3.8) is 0 Å². The van der Waals surface area contributed by atoms with Gasteiger partial charge in [-0.15, -0.1) is 0 Å². The van der Waals surface area contributed by atoms with Crippen LogP contribution in [-0.4, -0.2) is 15.7 Å². The van der Waals surface area contributed by atoms with Crippen molar-refractivity contribution in [2.24, 2.45) is 4.40 Å². The van der Waals surface area contributed by atoms with Gasteiger partial charge in [0.25, 0.3) is 0 Å². The first-order valence-corrected chi connectivity index (χ1v) is 6.65. The average Bonchev–Trinajstić information content (AvgIpc) is 2.37. The van der Waals surface area contributed by atoms with Gasteiger partial charge in [0.1, 0.15) is 0 Å². The largest absolute Gasteiger partial charge is 0.289 e. The highest BCUT2D eigenvalue weighted by Crippen LogP contribution is 2.14. The van der Waals surface area contributed by atoms with Crippen LogP contribution in [0.25, 0.3) is 0 Å². The Kier molecular flexibility index (Phi) is 3.67. The van der Waals surface area contributed by atoms with E-state index < -0.39 is 11.0 Å². The van der Waals surface area contributed by atoms with Gasteiger partial charge in [-0.2, -0.15) is 4.40 Å². The Morgan fingerprint density at radius 3 is 2.11 bits per heavy atom. The third kappa shape index (κ3) is 2.71. The summed E-state index contributed by atoms with van der Waals surface area (Å²) in [6.07, 6.45) is 3.33. The Bertz CT molecular complexity index is 573. The number of nitrogens with zero attached hydrogens (tertiary/aromatic N) is 1. The Morgan fingerprint density at radius 2 is 1.56 bits per heavy atom. The number of allylic oxidation sites excluding steroid dienone is 4. The molecule has 0 saturated carbocycles. The molecule has 0 fully saturated rings. The zero-order chi connectivity index (χ0) is 13.1. The van der Waals surface area contributed by atoms with E-state index >= 15 is 0 Å². The molecule has 0 N–H and O–H groups in total. The molecule has 0 heterocycles. The Hall–Kier alpha value is -1.81. The SMILES string of the molecule is CC1=CC(=NS(=O)c2ccccc2)C=C(C)C1=O. The molecular weight excluding hydrogens is 246 g/mol. The van der Waals surface area contributed by atoms with Crippen molar-refractivity contribution in [2.45, 2.75) is 18.7 Å². The summed E-state index contributed by atoms with van der Waals surface area (Å²) < 4.78 is 16.1. The molecule has 0 amide bonds. The molecule has 0 radical (unpaired) electrons. The fourth-order valence-corrected chi connectivity index (χ4v) is 2.46. The lowest BCUT2D eigenvalue weighted by Gasteiger charge is -2.08. The zero-order valence-corrected chi connectivity index (χ0v) is 11.0. The fraction of sp³-hybridized carbons (Fsp3) is 0.143. The molecule has 1 aliphatic rings. The van der Waals surface area contributed by atoms with Crippen molar-refractivity contribution in [1.82, 2.24) is 0 Å². The van der Waals surface area contributed by atoms with Gasteiger partial charge in [-0.1, -0.05) is 18.2 Å². The molecule has 1 unspecified atom stereocenters. The third-order valence-electron chi connectivity index (χ3n) is 2.58. The van der Waals surface area contributed by atoms with E-state index in [-0.39, 0.29) is 5.78 Å². The van der Waals surface area contributed by atoms with Crippen LogP contribution in [0.2, 0.25) is 0 Å². The van der Waals surface area contributed by atoms with Gasteiger partial charge in [-0.3, -0.25) is 4.79 Å². The summed E-state index contributed by atoms with van der Waals surface area (Å²) in [4.78, 5) is 12.2. The summed E-state index contributed by atoms with van der Waals surface area (Å²) in [6.45, 7) is 3.47. The van der Waals surface area contributed by atoms with Crippen molar-refractivity contribution < 1.29 is 9.00 Å². The standard InChI is InChI=1S/C14H13NO2S/c1-10-8-12(9-11(2)14(10)16)15-18(17)13-6-4-3-5-7-13/h3-9H,1-2H3. The highest BCUT2D eigenvalue weighted by atomic mass is 32.2. The smallest absolute Gasteiger partial charge is 0.184 e. The molecule has 0 aliphatic heterocycles. The van der Waals surface area contributed by atoms with E-state index in [1.54, 1.807) is 38.1 Å². The van der Waals surface area contributed by atoms with Crippen LogP contribution < -0.4 is 0 Å². The summed E-state index contributed by atoms with van der Waals surface area (Å²) in [5.41, 5.74) is 1.82. The predicted molar refractivity (Wildman–Crippen MR) is 72.8 cm³/mol. The normalized spacial score (nSPS) is 17.0. The minimum atomic E-state index is -1.43. The molecule has 1 aliphatic carbocycles. The molecule has 1 atom stereocenters. The second-order valence-corrected chi connectivity index (χ2v) is 5.21. The molecule has 1 aromatic rings. The topological polar surface area (TPSA) is 46.5 Å². The highest BCUT2D eigenvalue weighted by molar-refractivity contribution is 7.84. The average molecular weight is 259 g/mol. The van der Waals surface area contributed by atoms with E-state index in [2.05, 4.69) is 4.40 Å². The number of carbonyl (C=O) groups excluding carboxylic acids is 1. The van der Waals surface area contributed by atoms with Gasteiger partial charge in [0.15, 0.2) is 16.8 Å². The molecule has 0 saturated heterocycles. The molecule has 1 aromatic carbocycles. The maximum atomic E-state index is 12.0. The quantitative estimate of drug-likeness (QED) is 0.766. The molecule has 18 heavy (non-hydrogen) atoms. The van der Waals surface area contributed by atoms with Crippen LogP contribution in [-0.2, 0) is 15.8 Å².